The van der Waals surface area contributed by atoms with E-state index in [4.69, 9.17) is 14.2 Å². The monoisotopic (exact) mass is 394 g/mol. The Hall–Kier alpha value is -3.48. The van der Waals surface area contributed by atoms with Crippen molar-refractivity contribution >= 4 is 23.1 Å². The molecular weight excluding hydrogens is 368 g/mol. The van der Waals surface area contributed by atoms with Crippen LogP contribution in [-0.4, -0.2) is 30.3 Å². The molecule has 152 valence electrons. The maximum absolute atomic E-state index is 5.68. The van der Waals surface area contributed by atoms with E-state index in [1.165, 1.54) is 0 Å². The van der Waals surface area contributed by atoms with Gasteiger partial charge in [0, 0.05) is 29.2 Å². The van der Waals surface area contributed by atoms with E-state index < -0.39 is 0 Å². The van der Waals surface area contributed by atoms with Crippen molar-refractivity contribution in [1.29, 1.82) is 0 Å². The van der Waals surface area contributed by atoms with E-state index in [1.54, 1.807) is 14.2 Å². The van der Waals surface area contributed by atoms with Crippen LogP contribution in [0.3, 0.4) is 0 Å². The lowest BCUT2D eigenvalue weighted by Crippen LogP contribution is -2.05. The second-order valence-electron chi connectivity index (χ2n) is 6.73. The number of aromatic nitrogens is 2. The first-order valence-corrected chi connectivity index (χ1v) is 9.35. The maximum Gasteiger partial charge on any atom is 0.229 e. The molecule has 0 saturated heterocycles. The number of nitrogens with one attached hydrogen (secondary N) is 2. The van der Waals surface area contributed by atoms with Gasteiger partial charge in [-0.2, -0.15) is 4.98 Å². The number of anilines is 4. The molecular formula is C22H26N4O3. The Morgan fingerprint density at radius 2 is 1.48 bits per heavy atom. The van der Waals surface area contributed by atoms with E-state index in [1.807, 2.05) is 69.3 Å². The molecule has 0 aliphatic rings. The normalized spacial score (nSPS) is 10.6. The molecule has 0 amide bonds. The van der Waals surface area contributed by atoms with Crippen LogP contribution in [-0.2, 0) is 0 Å². The smallest absolute Gasteiger partial charge is 0.229 e. The van der Waals surface area contributed by atoms with Gasteiger partial charge in [0.05, 0.1) is 20.3 Å². The first-order chi connectivity index (χ1) is 14.0. The molecule has 0 bridgehead atoms. The van der Waals surface area contributed by atoms with Gasteiger partial charge in [-0.05, 0) is 57.2 Å². The molecule has 3 aromatic rings. The molecule has 0 spiro atoms. The standard InChI is InChI=1S/C22H26N4O3/c1-14(2)29-18-9-6-16(7-10-18)24-21-12-15(3)23-22(26-21)25-17-8-11-19(27-4)20(13-17)28-5/h6-14H,1-5H3,(H2,23,24,25,26). The van der Waals surface area contributed by atoms with E-state index in [0.29, 0.717) is 23.3 Å². The maximum atomic E-state index is 5.68. The fraction of sp³-hybridized carbons (Fsp3) is 0.273. The molecule has 0 atom stereocenters. The SMILES string of the molecule is COc1ccc(Nc2nc(C)cc(Nc3ccc(OC(C)C)cc3)n2)cc1OC. The summed E-state index contributed by atoms with van der Waals surface area (Å²) in [6.07, 6.45) is 0.142. The Labute approximate surface area is 171 Å². The zero-order valence-electron chi connectivity index (χ0n) is 17.3. The molecule has 7 heteroatoms. The molecule has 3 rings (SSSR count). The van der Waals surface area contributed by atoms with Gasteiger partial charge < -0.3 is 24.8 Å². The Bertz CT molecular complexity index is 959. The molecule has 29 heavy (non-hydrogen) atoms. The minimum Gasteiger partial charge on any atom is -0.493 e. The second-order valence-corrected chi connectivity index (χ2v) is 6.73. The summed E-state index contributed by atoms with van der Waals surface area (Å²) in [7, 11) is 3.21. The molecule has 1 heterocycles. The Morgan fingerprint density at radius 3 is 2.14 bits per heavy atom. The van der Waals surface area contributed by atoms with E-state index in [2.05, 4.69) is 20.6 Å². The molecule has 7 nitrogen and oxygen atoms in total. The number of benzene rings is 2. The number of rotatable bonds is 8. The third-order valence-electron chi connectivity index (χ3n) is 3.99. The lowest BCUT2D eigenvalue weighted by atomic mass is 10.2. The fourth-order valence-corrected chi connectivity index (χ4v) is 2.77. The zero-order valence-corrected chi connectivity index (χ0v) is 17.3. The summed E-state index contributed by atoms with van der Waals surface area (Å²) in [5, 5.41) is 6.51. The molecule has 2 aromatic carbocycles. The predicted molar refractivity (Wildman–Crippen MR) is 115 cm³/mol. The highest BCUT2D eigenvalue weighted by molar-refractivity contribution is 5.63. The average molecular weight is 394 g/mol. The van der Waals surface area contributed by atoms with Gasteiger partial charge in [-0.25, -0.2) is 4.98 Å². The van der Waals surface area contributed by atoms with E-state index >= 15 is 0 Å². The average Bonchev–Trinajstić information content (AvgIpc) is 2.68. The molecule has 0 aliphatic carbocycles. The first kappa shape index (κ1) is 20.3. The fourth-order valence-electron chi connectivity index (χ4n) is 2.77. The van der Waals surface area contributed by atoms with Gasteiger partial charge in [-0.15, -0.1) is 0 Å². The number of hydrogen-bond acceptors (Lipinski definition) is 7. The lowest BCUT2D eigenvalue weighted by Gasteiger charge is -2.13. The largest absolute Gasteiger partial charge is 0.493 e. The van der Waals surface area contributed by atoms with Crippen molar-refractivity contribution in [2.75, 3.05) is 24.9 Å². The van der Waals surface area contributed by atoms with Crippen LogP contribution >= 0.6 is 0 Å². The Balaban J connectivity index is 1.76. The first-order valence-electron chi connectivity index (χ1n) is 9.35. The number of methoxy groups -OCH3 is 2. The van der Waals surface area contributed by atoms with Gasteiger partial charge in [-0.1, -0.05) is 0 Å². The Morgan fingerprint density at radius 1 is 0.793 bits per heavy atom. The van der Waals surface area contributed by atoms with Crippen molar-refractivity contribution in [3.05, 3.63) is 54.2 Å². The van der Waals surface area contributed by atoms with Crippen LogP contribution in [0.15, 0.2) is 48.5 Å². The van der Waals surface area contributed by atoms with Gasteiger partial charge >= 0.3 is 0 Å². The minimum absolute atomic E-state index is 0.142. The highest BCUT2D eigenvalue weighted by atomic mass is 16.5. The van der Waals surface area contributed by atoms with Gasteiger partial charge in [-0.3, -0.25) is 0 Å². The van der Waals surface area contributed by atoms with Crippen LogP contribution in [0.5, 0.6) is 17.2 Å². The summed E-state index contributed by atoms with van der Waals surface area (Å²) in [6, 6.07) is 15.2. The van der Waals surface area contributed by atoms with Crippen LogP contribution in [0, 0.1) is 6.92 Å². The van der Waals surface area contributed by atoms with Crippen LogP contribution in [0.1, 0.15) is 19.5 Å². The summed E-state index contributed by atoms with van der Waals surface area (Å²) in [5.41, 5.74) is 2.55. The molecule has 2 N–H and O–H groups in total. The molecule has 0 unspecified atom stereocenters. The van der Waals surface area contributed by atoms with Crippen molar-refractivity contribution in [3.63, 3.8) is 0 Å². The third kappa shape index (κ3) is 5.51. The van der Waals surface area contributed by atoms with Crippen molar-refractivity contribution in [3.8, 4) is 17.2 Å². The zero-order chi connectivity index (χ0) is 20.8. The van der Waals surface area contributed by atoms with Gasteiger partial charge in [0.15, 0.2) is 11.5 Å². The molecule has 0 radical (unpaired) electrons. The number of hydrogen-bond donors (Lipinski definition) is 2. The molecule has 1 aromatic heterocycles. The van der Waals surface area contributed by atoms with E-state index in [9.17, 15) is 0 Å². The Kier molecular flexibility index (Phi) is 6.39. The van der Waals surface area contributed by atoms with E-state index in [-0.39, 0.29) is 6.10 Å². The summed E-state index contributed by atoms with van der Waals surface area (Å²) in [5.74, 6) is 3.31. The topological polar surface area (TPSA) is 77.5 Å². The quantitative estimate of drug-likeness (QED) is 0.552. The van der Waals surface area contributed by atoms with Gasteiger partial charge in [0.25, 0.3) is 0 Å². The number of ether oxygens (including phenoxy) is 3. The molecule has 0 aliphatic heterocycles. The molecule has 0 saturated carbocycles. The summed E-state index contributed by atoms with van der Waals surface area (Å²) >= 11 is 0. The minimum atomic E-state index is 0.142. The van der Waals surface area contributed by atoms with Crippen LogP contribution in [0.2, 0.25) is 0 Å². The third-order valence-corrected chi connectivity index (χ3v) is 3.99. The van der Waals surface area contributed by atoms with Crippen molar-refractivity contribution < 1.29 is 14.2 Å². The van der Waals surface area contributed by atoms with Crippen molar-refractivity contribution in [2.45, 2.75) is 26.9 Å². The van der Waals surface area contributed by atoms with E-state index in [0.717, 1.165) is 22.8 Å². The summed E-state index contributed by atoms with van der Waals surface area (Å²) in [6.45, 7) is 5.93. The van der Waals surface area contributed by atoms with Crippen LogP contribution in [0.25, 0.3) is 0 Å². The number of aryl methyl sites for hydroxylation is 1. The molecule has 0 fully saturated rings. The van der Waals surface area contributed by atoms with Gasteiger partial charge in [0.1, 0.15) is 11.6 Å². The summed E-state index contributed by atoms with van der Waals surface area (Å²) < 4.78 is 16.3. The van der Waals surface area contributed by atoms with Gasteiger partial charge in [0.2, 0.25) is 5.95 Å². The summed E-state index contributed by atoms with van der Waals surface area (Å²) in [4.78, 5) is 9.02. The highest BCUT2D eigenvalue weighted by Crippen LogP contribution is 2.31. The van der Waals surface area contributed by atoms with Crippen molar-refractivity contribution in [1.82, 2.24) is 9.97 Å². The van der Waals surface area contributed by atoms with Crippen LogP contribution < -0.4 is 24.8 Å². The number of nitrogens with zero attached hydrogens (tertiary/aromatic N) is 2. The lowest BCUT2D eigenvalue weighted by molar-refractivity contribution is 0.242. The highest BCUT2D eigenvalue weighted by Gasteiger charge is 2.08. The second kappa shape index (κ2) is 9.14. The van der Waals surface area contributed by atoms with Crippen LogP contribution in [0.4, 0.5) is 23.1 Å². The van der Waals surface area contributed by atoms with Crippen molar-refractivity contribution in [2.24, 2.45) is 0 Å². The predicted octanol–water partition coefficient (Wildman–Crippen LogP) is 5.08.